The van der Waals surface area contributed by atoms with E-state index in [0.29, 0.717) is 11.3 Å². The molecule has 0 atom stereocenters. The number of benzene rings is 2. The van der Waals surface area contributed by atoms with Gasteiger partial charge in [0.25, 0.3) is 5.91 Å². The van der Waals surface area contributed by atoms with E-state index in [1.54, 1.807) is 51.1 Å². The highest BCUT2D eigenvalue weighted by molar-refractivity contribution is 7.92. The fourth-order valence-electron chi connectivity index (χ4n) is 3.27. The molecule has 0 bridgehead atoms. The summed E-state index contributed by atoms with van der Waals surface area (Å²) in [6, 6.07) is 14.4. The molecule has 9 nitrogen and oxygen atoms in total. The van der Waals surface area contributed by atoms with Gasteiger partial charge in [-0.3, -0.25) is 4.79 Å². The molecule has 35 heavy (non-hydrogen) atoms. The van der Waals surface area contributed by atoms with Gasteiger partial charge in [0.05, 0.1) is 11.2 Å². The molecular weight excluding hydrogens is 470 g/mol. The van der Waals surface area contributed by atoms with Gasteiger partial charge >= 0.3 is 16.3 Å². The third-order valence-electron chi connectivity index (χ3n) is 4.83. The first-order chi connectivity index (χ1) is 16.2. The number of nitrogens with one attached hydrogen (secondary N) is 2. The fourth-order valence-corrected chi connectivity index (χ4v) is 4.42. The Hall–Kier alpha value is -3.53. The number of alkyl carbamates (subject to hydrolysis) is 1. The molecule has 10 heteroatoms. The van der Waals surface area contributed by atoms with Crippen LogP contribution < -0.4 is 19.1 Å². The summed E-state index contributed by atoms with van der Waals surface area (Å²) in [6.07, 6.45) is 3.05. The van der Waals surface area contributed by atoms with Crippen LogP contribution in [0.4, 0.5) is 10.5 Å². The van der Waals surface area contributed by atoms with Crippen molar-refractivity contribution in [1.29, 1.82) is 0 Å². The summed E-state index contributed by atoms with van der Waals surface area (Å²) in [5, 5.41) is 2.80. The number of hydrogen-bond acceptors (Lipinski definition) is 6. The molecule has 2 aromatic carbocycles. The molecule has 0 unspecified atom stereocenters. The topological polar surface area (TPSA) is 114 Å². The van der Waals surface area contributed by atoms with E-state index in [1.807, 2.05) is 48.9 Å². The van der Waals surface area contributed by atoms with Gasteiger partial charge in [0, 0.05) is 0 Å². The van der Waals surface area contributed by atoms with E-state index in [2.05, 4.69) is 5.32 Å². The highest BCUT2D eigenvalue weighted by Crippen LogP contribution is 2.33. The lowest BCUT2D eigenvalue weighted by atomic mass is 10.0. The fraction of sp³-hybridized carbons (Fsp3) is 0.360. The first kappa shape index (κ1) is 26.1. The Morgan fingerprint density at radius 2 is 1.80 bits per heavy atom. The zero-order chi connectivity index (χ0) is 25.9. The molecule has 1 saturated heterocycles. The van der Waals surface area contributed by atoms with Gasteiger partial charge in [0.2, 0.25) is 0 Å². The summed E-state index contributed by atoms with van der Waals surface area (Å²) < 4.78 is 39.1. The van der Waals surface area contributed by atoms with Crippen molar-refractivity contribution in [3.63, 3.8) is 0 Å². The van der Waals surface area contributed by atoms with Crippen LogP contribution in [0.2, 0.25) is 0 Å². The van der Waals surface area contributed by atoms with Crippen molar-refractivity contribution < 1.29 is 27.5 Å². The van der Waals surface area contributed by atoms with Gasteiger partial charge in [0.15, 0.2) is 0 Å². The highest BCUT2D eigenvalue weighted by Gasteiger charge is 2.35. The molecule has 0 spiro atoms. The van der Waals surface area contributed by atoms with Crippen LogP contribution in [0.15, 0.2) is 54.6 Å². The average molecular weight is 502 g/mol. The monoisotopic (exact) mass is 501 g/mol. The largest absolute Gasteiger partial charge is 0.487 e. The standard InChI is InChI=1S/C25H31N3O6S/c1-24(2,3)34-23(30)26-25(4,5)14-13-18-11-12-20(28-16-22(29)27-35(28,31)32)21(15-18)33-17-19-9-7-6-8-10-19/h6-15H,16-17H2,1-5H3,(H,26,30)(H,27,29)/b14-13+. The lowest BCUT2D eigenvalue weighted by Crippen LogP contribution is -2.44. The number of carbonyl (C=O) groups excluding carboxylic acids is 2. The van der Waals surface area contributed by atoms with Gasteiger partial charge in [-0.25, -0.2) is 13.8 Å². The number of carbonyl (C=O) groups is 2. The van der Waals surface area contributed by atoms with Gasteiger partial charge in [-0.15, -0.1) is 0 Å². The number of hydrogen-bond donors (Lipinski definition) is 2. The second-order valence-electron chi connectivity index (χ2n) is 9.72. The van der Waals surface area contributed by atoms with Crippen LogP contribution in [-0.2, 0) is 26.3 Å². The second kappa shape index (κ2) is 9.99. The number of rotatable bonds is 7. The SMILES string of the molecule is CC(C)(/C=C/c1ccc(N2CC(=O)NS2(=O)=O)c(OCc2ccccc2)c1)NC(=O)OC(C)(C)C. The molecule has 1 heterocycles. The number of ether oxygens (including phenoxy) is 2. The summed E-state index contributed by atoms with van der Waals surface area (Å²) in [4.78, 5) is 23.9. The quantitative estimate of drug-likeness (QED) is 0.597. The maximum Gasteiger partial charge on any atom is 0.408 e. The third kappa shape index (κ3) is 7.48. The van der Waals surface area contributed by atoms with E-state index in [-0.39, 0.29) is 18.8 Å². The van der Waals surface area contributed by atoms with Crippen LogP contribution in [0.5, 0.6) is 5.75 Å². The van der Waals surface area contributed by atoms with Gasteiger partial charge in [0.1, 0.15) is 24.5 Å². The summed E-state index contributed by atoms with van der Waals surface area (Å²) in [7, 11) is -4.00. The first-order valence-corrected chi connectivity index (χ1v) is 12.5. The minimum atomic E-state index is -4.00. The summed E-state index contributed by atoms with van der Waals surface area (Å²) >= 11 is 0. The lowest BCUT2D eigenvalue weighted by Gasteiger charge is -2.26. The summed E-state index contributed by atoms with van der Waals surface area (Å²) in [5.74, 6) is -0.313. The first-order valence-electron chi connectivity index (χ1n) is 11.1. The zero-order valence-corrected chi connectivity index (χ0v) is 21.3. The molecule has 1 fully saturated rings. The van der Waals surface area contributed by atoms with Crippen LogP contribution in [-0.4, -0.2) is 38.1 Å². The van der Waals surface area contributed by atoms with Crippen LogP contribution in [0, 0.1) is 0 Å². The van der Waals surface area contributed by atoms with Crippen molar-refractivity contribution in [2.45, 2.75) is 52.4 Å². The van der Waals surface area contributed by atoms with E-state index in [9.17, 15) is 18.0 Å². The van der Waals surface area contributed by atoms with Gasteiger partial charge < -0.3 is 14.8 Å². The van der Waals surface area contributed by atoms with E-state index in [4.69, 9.17) is 9.47 Å². The number of nitrogens with zero attached hydrogens (tertiary/aromatic N) is 1. The Morgan fingerprint density at radius 1 is 1.11 bits per heavy atom. The van der Waals surface area contributed by atoms with Crippen LogP contribution in [0.3, 0.4) is 0 Å². The lowest BCUT2D eigenvalue weighted by molar-refractivity contribution is -0.117. The van der Waals surface area contributed by atoms with Crippen molar-refractivity contribution >= 4 is 34.0 Å². The summed E-state index contributed by atoms with van der Waals surface area (Å²) in [5.41, 5.74) is 0.535. The Bertz CT molecular complexity index is 1220. The minimum absolute atomic E-state index is 0.210. The molecule has 1 aliphatic rings. The minimum Gasteiger partial charge on any atom is -0.487 e. The van der Waals surface area contributed by atoms with Crippen LogP contribution >= 0.6 is 0 Å². The van der Waals surface area contributed by atoms with Crippen LogP contribution in [0.1, 0.15) is 45.7 Å². The normalized spacial score (nSPS) is 15.7. The Morgan fingerprint density at radius 3 is 2.40 bits per heavy atom. The zero-order valence-electron chi connectivity index (χ0n) is 20.5. The van der Waals surface area contributed by atoms with Crippen molar-refractivity contribution in [1.82, 2.24) is 10.0 Å². The molecule has 188 valence electrons. The van der Waals surface area contributed by atoms with Crippen molar-refractivity contribution in [2.75, 3.05) is 10.8 Å². The van der Waals surface area contributed by atoms with E-state index in [0.717, 1.165) is 9.87 Å². The van der Waals surface area contributed by atoms with Crippen molar-refractivity contribution in [3.05, 3.63) is 65.7 Å². The molecule has 2 N–H and O–H groups in total. The molecule has 2 aromatic rings. The summed E-state index contributed by atoms with van der Waals surface area (Å²) in [6.45, 7) is 8.90. The van der Waals surface area contributed by atoms with Crippen LogP contribution in [0.25, 0.3) is 6.08 Å². The predicted molar refractivity (Wildman–Crippen MR) is 134 cm³/mol. The van der Waals surface area contributed by atoms with Gasteiger partial charge in [-0.1, -0.05) is 48.6 Å². The second-order valence-corrected chi connectivity index (χ2v) is 11.3. The smallest absolute Gasteiger partial charge is 0.408 e. The van der Waals surface area contributed by atoms with Gasteiger partial charge in [-0.05, 0) is 57.9 Å². The van der Waals surface area contributed by atoms with Crippen molar-refractivity contribution in [2.24, 2.45) is 0 Å². The number of anilines is 1. The van der Waals surface area contributed by atoms with Gasteiger partial charge in [-0.2, -0.15) is 8.42 Å². The van der Waals surface area contributed by atoms with E-state index >= 15 is 0 Å². The van der Waals surface area contributed by atoms with E-state index < -0.39 is 33.3 Å². The highest BCUT2D eigenvalue weighted by atomic mass is 32.2. The molecular formula is C25H31N3O6S. The molecule has 0 saturated carbocycles. The molecule has 1 aliphatic heterocycles. The Balaban J connectivity index is 1.86. The average Bonchev–Trinajstić information content (AvgIpc) is 3.01. The maximum absolute atomic E-state index is 12.4. The number of amides is 2. The molecule has 3 rings (SSSR count). The predicted octanol–water partition coefficient (Wildman–Crippen LogP) is 3.76. The molecule has 0 aliphatic carbocycles. The Labute approximate surface area is 206 Å². The molecule has 0 aromatic heterocycles. The Kier molecular flexibility index (Phi) is 7.44. The van der Waals surface area contributed by atoms with E-state index in [1.165, 1.54) is 0 Å². The molecule has 0 radical (unpaired) electrons. The third-order valence-corrected chi connectivity index (χ3v) is 6.22. The maximum atomic E-state index is 12.4. The van der Waals surface area contributed by atoms with Crippen molar-refractivity contribution in [3.8, 4) is 5.75 Å². The molecule has 2 amide bonds.